The summed E-state index contributed by atoms with van der Waals surface area (Å²) in [5.41, 5.74) is 1.83. The third kappa shape index (κ3) is 3.69. The topological polar surface area (TPSA) is 68.3 Å². The molecule has 1 N–H and O–H groups in total. The van der Waals surface area contributed by atoms with Crippen LogP contribution < -0.4 is 9.46 Å². The molecule has 0 aliphatic heterocycles. The van der Waals surface area contributed by atoms with Crippen molar-refractivity contribution in [1.29, 1.82) is 0 Å². The molecule has 0 saturated heterocycles. The van der Waals surface area contributed by atoms with Crippen LogP contribution in [0.3, 0.4) is 0 Å². The van der Waals surface area contributed by atoms with E-state index in [4.69, 9.17) is 16.3 Å². The Morgan fingerprint density at radius 3 is 2.50 bits per heavy atom. The zero-order chi connectivity index (χ0) is 16.3. The van der Waals surface area contributed by atoms with Gasteiger partial charge in [-0.25, -0.2) is 13.4 Å². The monoisotopic (exact) mass is 340 g/mol. The predicted molar refractivity (Wildman–Crippen MR) is 87.1 cm³/mol. The molecule has 0 fully saturated rings. The lowest BCUT2D eigenvalue weighted by atomic mass is 10.1. The molecule has 0 aliphatic rings. The zero-order valence-electron chi connectivity index (χ0n) is 12.6. The molecular formula is C15H17ClN2O3S. The summed E-state index contributed by atoms with van der Waals surface area (Å²) in [6.07, 6.45) is 1.38. The highest BCUT2D eigenvalue weighted by Gasteiger charge is 2.21. The van der Waals surface area contributed by atoms with Gasteiger partial charge in [-0.05, 0) is 56.2 Å². The van der Waals surface area contributed by atoms with E-state index >= 15 is 0 Å². The molecule has 0 amide bonds. The minimum Gasteiger partial charge on any atom is -0.492 e. The largest absolute Gasteiger partial charge is 0.492 e. The number of hydrogen-bond acceptors (Lipinski definition) is 4. The lowest BCUT2D eigenvalue weighted by Crippen LogP contribution is -2.15. The molecule has 7 heteroatoms. The third-order valence-corrected chi connectivity index (χ3v) is 4.72. The summed E-state index contributed by atoms with van der Waals surface area (Å²) in [4.78, 5) is 4.03. The fourth-order valence-electron chi connectivity index (χ4n) is 1.87. The van der Waals surface area contributed by atoms with E-state index in [0.29, 0.717) is 17.4 Å². The molecule has 1 aromatic heterocycles. The molecule has 0 atom stereocenters. The Labute approximate surface area is 135 Å². The molecule has 0 bridgehead atoms. The molecule has 0 radical (unpaired) electrons. The van der Waals surface area contributed by atoms with Crippen molar-refractivity contribution in [2.24, 2.45) is 0 Å². The van der Waals surface area contributed by atoms with Gasteiger partial charge < -0.3 is 4.74 Å². The molecule has 0 saturated carbocycles. The first-order valence-electron chi connectivity index (χ1n) is 6.72. The fourth-order valence-corrected chi connectivity index (χ4v) is 3.20. The average molecular weight is 341 g/mol. The molecule has 0 unspecified atom stereocenters. The Morgan fingerprint density at radius 1 is 1.23 bits per heavy atom. The maximum absolute atomic E-state index is 12.6. The van der Waals surface area contributed by atoms with Crippen LogP contribution in [0.1, 0.15) is 18.1 Å². The third-order valence-electron chi connectivity index (χ3n) is 3.12. The summed E-state index contributed by atoms with van der Waals surface area (Å²) in [7, 11) is -3.80. The molecule has 2 aromatic rings. The van der Waals surface area contributed by atoms with Crippen LogP contribution in [0, 0.1) is 13.8 Å². The van der Waals surface area contributed by atoms with Crippen LogP contribution in [0.2, 0.25) is 5.02 Å². The van der Waals surface area contributed by atoms with Crippen molar-refractivity contribution in [2.45, 2.75) is 25.7 Å². The van der Waals surface area contributed by atoms with Crippen LogP contribution in [-0.2, 0) is 10.0 Å². The highest BCUT2D eigenvalue weighted by molar-refractivity contribution is 7.92. The van der Waals surface area contributed by atoms with E-state index in [0.717, 1.165) is 11.1 Å². The van der Waals surface area contributed by atoms with Crippen LogP contribution in [-0.4, -0.2) is 20.0 Å². The van der Waals surface area contributed by atoms with Gasteiger partial charge in [-0.15, -0.1) is 0 Å². The van der Waals surface area contributed by atoms with Crippen molar-refractivity contribution in [3.63, 3.8) is 0 Å². The number of nitrogens with one attached hydrogen (secondary N) is 1. The van der Waals surface area contributed by atoms with E-state index in [-0.39, 0.29) is 10.7 Å². The average Bonchev–Trinajstić information content (AvgIpc) is 2.45. The SMILES string of the molecule is CCOc1cc(C)c(C)cc1S(=O)(=O)Nc1ccc(Cl)cn1. The van der Waals surface area contributed by atoms with Crippen molar-refractivity contribution >= 4 is 27.4 Å². The number of halogens is 1. The smallest absolute Gasteiger partial charge is 0.266 e. The van der Waals surface area contributed by atoms with E-state index in [2.05, 4.69) is 9.71 Å². The quantitative estimate of drug-likeness (QED) is 0.903. The van der Waals surface area contributed by atoms with Gasteiger partial charge in [0.15, 0.2) is 0 Å². The Balaban J connectivity index is 2.44. The van der Waals surface area contributed by atoms with Gasteiger partial charge in [0, 0.05) is 6.20 Å². The highest BCUT2D eigenvalue weighted by atomic mass is 35.5. The number of ether oxygens (including phenoxy) is 1. The minimum absolute atomic E-state index is 0.0919. The number of hydrogen-bond donors (Lipinski definition) is 1. The fraction of sp³-hybridized carbons (Fsp3) is 0.267. The number of rotatable bonds is 5. The number of sulfonamides is 1. The molecule has 118 valence electrons. The van der Waals surface area contributed by atoms with Gasteiger partial charge in [0.1, 0.15) is 16.5 Å². The Bertz CT molecular complexity index is 774. The van der Waals surface area contributed by atoms with E-state index in [1.807, 2.05) is 13.8 Å². The Kier molecular flexibility index (Phi) is 4.93. The van der Waals surface area contributed by atoms with Crippen LogP contribution in [0.15, 0.2) is 35.4 Å². The molecule has 5 nitrogen and oxygen atoms in total. The summed E-state index contributed by atoms with van der Waals surface area (Å²) in [5.74, 6) is 0.525. The van der Waals surface area contributed by atoms with Crippen molar-refractivity contribution in [3.8, 4) is 5.75 Å². The number of pyridine rings is 1. The van der Waals surface area contributed by atoms with Crippen molar-refractivity contribution in [1.82, 2.24) is 4.98 Å². The van der Waals surface area contributed by atoms with Crippen molar-refractivity contribution < 1.29 is 13.2 Å². The number of anilines is 1. The van der Waals surface area contributed by atoms with Crippen molar-refractivity contribution in [3.05, 3.63) is 46.6 Å². The number of nitrogens with zero attached hydrogens (tertiary/aromatic N) is 1. The maximum atomic E-state index is 12.6. The Morgan fingerprint density at radius 2 is 1.91 bits per heavy atom. The molecule has 2 rings (SSSR count). The van der Waals surface area contributed by atoms with E-state index in [9.17, 15) is 8.42 Å². The van der Waals surface area contributed by atoms with Crippen LogP contribution in [0.5, 0.6) is 5.75 Å². The summed E-state index contributed by atoms with van der Waals surface area (Å²) in [5, 5.41) is 0.434. The maximum Gasteiger partial charge on any atom is 0.266 e. The molecule has 1 heterocycles. The summed E-state index contributed by atoms with van der Waals surface area (Å²) >= 11 is 5.74. The zero-order valence-corrected chi connectivity index (χ0v) is 14.1. The van der Waals surface area contributed by atoms with Crippen LogP contribution in [0.25, 0.3) is 0 Å². The first kappa shape index (κ1) is 16.6. The number of benzene rings is 1. The second-order valence-electron chi connectivity index (χ2n) is 4.78. The van der Waals surface area contributed by atoms with E-state index in [1.165, 1.54) is 12.3 Å². The van der Waals surface area contributed by atoms with E-state index < -0.39 is 10.0 Å². The second kappa shape index (κ2) is 6.54. The standard InChI is InChI=1S/C15H17ClN2O3S/c1-4-21-13-7-10(2)11(3)8-14(13)22(19,20)18-15-6-5-12(16)9-17-15/h5-9H,4H2,1-3H3,(H,17,18). The van der Waals surface area contributed by atoms with Gasteiger partial charge in [-0.3, -0.25) is 4.72 Å². The summed E-state index contributed by atoms with van der Waals surface area (Å²) in [6.45, 7) is 5.94. The summed E-state index contributed by atoms with van der Waals surface area (Å²) in [6, 6.07) is 6.39. The molecule has 22 heavy (non-hydrogen) atoms. The first-order chi connectivity index (χ1) is 10.3. The first-order valence-corrected chi connectivity index (χ1v) is 8.58. The lowest BCUT2D eigenvalue weighted by Gasteiger charge is -2.14. The number of aromatic nitrogens is 1. The van der Waals surface area contributed by atoms with Crippen LogP contribution in [0.4, 0.5) is 5.82 Å². The van der Waals surface area contributed by atoms with Gasteiger partial charge in [0.25, 0.3) is 10.0 Å². The predicted octanol–water partition coefficient (Wildman–Crippen LogP) is 3.55. The summed E-state index contributed by atoms with van der Waals surface area (Å²) < 4.78 is 33.0. The minimum atomic E-state index is -3.80. The van der Waals surface area contributed by atoms with Gasteiger partial charge >= 0.3 is 0 Å². The second-order valence-corrected chi connectivity index (χ2v) is 6.87. The number of aryl methyl sites for hydroxylation is 2. The highest BCUT2D eigenvalue weighted by Crippen LogP contribution is 2.29. The van der Waals surface area contributed by atoms with Gasteiger partial charge in [0.2, 0.25) is 0 Å². The van der Waals surface area contributed by atoms with Gasteiger partial charge in [0.05, 0.1) is 11.6 Å². The molecule has 1 aromatic carbocycles. The molecule has 0 spiro atoms. The normalized spacial score (nSPS) is 11.3. The Hall–Kier alpha value is -1.79. The van der Waals surface area contributed by atoms with E-state index in [1.54, 1.807) is 25.1 Å². The van der Waals surface area contributed by atoms with Gasteiger partial charge in [-0.1, -0.05) is 11.6 Å². The molecular weight excluding hydrogens is 324 g/mol. The van der Waals surface area contributed by atoms with Crippen LogP contribution >= 0.6 is 11.6 Å². The lowest BCUT2D eigenvalue weighted by molar-refractivity contribution is 0.331. The van der Waals surface area contributed by atoms with Crippen molar-refractivity contribution in [2.75, 3.05) is 11.3 Å². The molecule has 0 aliphatic carbocycles. The van der Waals surface area contributed by atoms with Gasteiger partial charge in [-0.2, -0.15) is 0 Å².